The zero-order valence-electron chi connectivity index (χ0n) is 11.3. The number of nitrogens with one attached hydrogen (secondary N) is 1. The van der Waals surface area contributed by atoms with Gasteiger partial charge in [-0.2, -0.15) is 5.26 Å². The van der Waals surface area contributed by atoms with Crippen LogP contribution in [-0.2, 0) is 4.79 Å². The SMILES string of the molecule is CC[C@@H](C(=O)Nc1ccc(C#N)cc1)c1ccccc1. The van der Waals surface area contributed by atoms with Crippen molar-refractivity contribution in [2.45, 2.75) is 19.3 Å². The number of anilines is 1. The molecule has 0 aromatic heterocycles. The van der Waals surface area contributed by atoms with Crippen molar-refractivity contribution in [1.82, 2.24) is 0 Å². The summed E-state index contributed by atoms with van der Waals surface area (Å²) in [6.07, 6.45) is 0.742. The van der Waals surface area contributed by atoms with E-state index in [1.54, 1.807) is 24.3 Å². The Kier molecular flexibility index (Phi) is 4.52. The average molecular weight is 264 g/mol. The van der Waals surface area contributed by atoms with E-state index < -0.39 is 0 Å². The van der Waals surface area contributed by atoms with Crippen LogP contribution in [-0.4, -0.2) is 5.91 Å². The van der Waals surface area contributed by atoms with E-state index in [0.717, 1.165) is 12.0 Å². The van der Waals surface area contributed by atoms with E-state index in [2.05, 4.69) is 11.4 Å². The van der Waals surface area contributed by atoms with Gasteiger partial charge in [0.25, 0.3) is 0 Å². The van der Waals surface area contributed by atoms with Crippen molar-refractivity contribution >= 4 is 11.6 Å². The molecule has 0 bridgehead atoms. The largest absolute Gasteiger partial charge is 0.326 e. The molecule has 1 atom stereocenters. The second kappa shape index (κ2) is 6.53. The van der Waals surface area contributed by atoms with E-state index in [9.17, 15) is 4.79 Å². The molecule has 20 heavy (non-hydrogen) atoms. The molecule has 1 amide bonds. The highest BCUT2D eigenvalue weighted by molar-refractivity contribution is 5.95. The lowest BCUT2D eigenvalue weighted by atomic mass is 9.95. The van der Waals surface area contributed by atoms with Gasteiger partial charge < -0.3 is 5.32 Å². The number of hydrogen-bond acceptors (Lipinski definition) is 2. The highest BCUT2D eigenvalue weighted by atomic mass is 16.1. The van der Waals surface area contributed by atoms with Crippen LogP contribution in [0.2, 0.25) is 0 Å². The molecule has 2 aromatic rings. The summed E-state index contributed by atoms with van der Waals surface area (Å²) in [4.78, 5) is 12.3. The monoisotopic (exact) mass is 264 g/mol. The van der Waals surface area contributed by atoms with E-state index in [0.29, 0.717) is 11.3 Å². The van der Waals surface area contributed by atoms with Crippen molar-refractivity contribution in [1.29, 1.82) is 5.26 Å². The van der Waals surface area contributed by atoms with Gasteiger partial charge in [-0.15, -0.1) is 0 Å². The van der Waals surface area contributed by atoms with Crippen molar-refractivity contribution in [3.63, 3.8) is 0 Å². The molecule has 3 heteroatoms. The second-order valence-corrected chi connectivity index (χ2v) is 4.55. The number of rotatable bonds is 4. The smallest absolute Gasteiger partial charge is 0.231 e. The Labute approximate surface area is 118 Å². The van der Waals surface area contributed by atoms with Gasteiger partial charge in [0.05, 0.1) is 17.6 Å². The summed E-state index contributed by atoms with van der Waals surface area (Å²) in [6.45, 7) is 2.00. The van der Waals surface area contributed by atoms with Gasteiger partial charge >= 0.3 is 0 Å². The van der Waals surface area contributed by atoms with Crippen molar-refractivity contribution < 1.29 is 4.79 Å². The zero-order valence-corrected chi connectivity index (χ0v) is 11.3. The lowest BCUT2D eigenvalue weighted by Gasteiger charge is -2.15. The quantitative estimate of drug-likeness (QED) is 0.915. The molecule has 1 N–H and O–H groups in total. The highest BCUT2D eigenvalue weighted by Crippen LogP contribution is 2.21. The molecule has 100 valence electrons. The molecule has 0 aliphatic rings. The summed E-state index contributed by atoms with van der Waals surface area (Å²) in [5, 5.41) is 11.6. The summed E-state index contributed by atoms with van der Waals surface area (Å²) in [5.74, 6) is -0.185. The minimum atomic E-state index is -0.160. The fraction of sp³-hybridized carbons (Fsp3) is 0.176. The minimum Gasteiger partial charge on any atom is -0.326 e. The standard InChI is InChI=1S/C17H16N2O/c1-2-16(14-6-4-3-5-7-14)17(20)19-15-10-8-13(12-18)9-11-15/h3-11,16H,2H2,1H3,(H,19,20)/t16-/m1/s1. The molecule has 0 aliphatic heterocycles. The first kappa shape index (κ1) is 13.8. The number of hydrogen-bond donors (Lipinski definition) is 1. The van der Waals surface area contributed by atoms with Crippen molar-refractivity contribution in [3.8, 4) is 6.07 Å². The summed E-state index contributed by atoms with van der Waals surface area (Å²) >= 11 is 0. The Bertz CT molecular complexity index is 612. The second-order valence-electron chi connectivity index (χ2n) is 4.55. The molecule has 3 nitrogen and oxygen atoms in total. The molecule has 2 rings (SSSR count). The number of benzene rings is 2. The maximum Gasteiger partial charge on any atom is 0.231 e. The van der Waals surface area contributed by atoms with Gasteiger partial charge in [-0.3, -0.25) is 4.79 Å². The Balaban J connectivity index is 2.11. The number of carbonyl (C=O) groups excluding carboxylic acids is 1. The number of amides is 1. The Hall–Kier alpha value is -2.60. The molecule has 0 fully saturated rings. The molecular weight excluding hydrogens is 248 g/mol. The zero-order chi connectivity index (χ0) is 14.4. The first-order valence-corrected chi connectivity index (χ1v) is 6.60. The minimum absolute atomic E-state index is 0.0246. The molecule has 0 spiro atoms. The summed E-state index contributed by atoms with van der Waals surface area (Å²) < 4.78 is 0. The molecule has 0 heterocycles. The van der Waals surface area contributed by atoms with E-state index >= 15 is 0 Å². The van der Waals surface area contributed by atoms with Crippen molar-refractivity contribution in [2.75, 3.05) is 5.32 Å². The van der Waals surface area contributed by atoms with Crippen molar-refractivity contribution in [2.24, 2.45) is 0 Å². The maximum atomic E-state index is 12.3. The van der Waals surface area contributed by atoms with Gasteiger partial charge in [0.15, 0.2) is 0 Å². The predicted octanol–water partition coefficient (Wildman–Crippen LogP) is 3.69. The van der Waals surface area contributed by atoms with Crippen LogP contribution in [0.25, 0.3) is 0 Å². The number of nitrogens with zero attached hydrogens (tertiary/aromatic N) is 1. The van der Waals surface area contributed by atoms with E-state index in [1.807, 2.05) is 37.3 Å². The van der Waals surface area contributed by atoms with Gasteiger partial charge in [0.2, 0.25) is 5.91 Å². The van der Waals surface area contributed by atoms with Crippen molar-refractivity contribution in [3.05, 3.63) is 65.7 Å². The van der Waals surface area contributed by atoms with Crippen LogP contribution in [0.5, 0.6) is 0 Å². The number of nitriles is 1. The van der Waals surface area contributed by atoms with Crippen LogP contribution in [0.15, 0.2) is 54.6 Å². The van der Waals surface area contributed by atoms with Crippen LogP contribution in [0, 0.1) is 11.3 Å². The fourth-order valence-electron chi connectivity index (χ4n) is 2.12. The number of carbonyl (C=O) groups is 1. The van der Waals surface area contributed by atoms with Gasteiger partial charge in [-0.05, 0) is 36.2 Å². The molecule has 0 aliphatic carbocycles. The third-order valence-corrected chi connectivity index (χ3v) is 3.21. The van der Waals surface area contributed by atoms with Crippen LogP contribution in [0.3, 0.4) is 0 Å². The third kappa shape index (κ3) is 3.24. The summed E-state index contributed by atoms with van der Waals surface area (Å²) in [5.41, 5.74) is 2.31. The summed E-state index contributed by atoms with van der Waals surface area (Å²) in [7, 11) is 0. The molecule has 0 radical (unpaired) electrons. The fourth-order valence-corrected chi connectivity index (χ4v) is 2.12. The van der Waals surface area contributed by atoms with Gasteiger partial charge in [-0.25, -0.2) is 0 Å². The van der Waals surface area contributed by atoms with Crippen LogP contribution in [0.1, 0.15) is 30.4 Å². The lowest BCUT2D eigenvalue weighted by Crippen LogP contribution is -2.20. The maximum absolute atomic E-state index is 12.3. The van der Waals surface area contributed by atoms with E-state index in [1.165, 1.54) is 0 Å². The van der Waals surface area contributed by atoms with Gasteiger partial charge in [0, 0.05) is 5.69 Å². The molecule has 0 saturated heterocycles. The third-order valence-electron chi connectivity index (χ3n) is 3.21. The van der Waals surface area contributed by atoms with E-state index in [-0.39, 0.29) is 11.8 Å². The highest BCUT2D eigenvalue weighted by Gasteiger charge is 2.18. The first-order valence-electron chi connectivity index (χ1n) is 6.60. The lowest BCUT2D eigenvalue weighted by molar-refractivity contribution is -0.117. The van der Waals surface area contributed by atoms with Crippen LogP contribution >= 0.6 is 0 Å². The Morgan fingerprint density at radius 3 is 2.35 bits per heavy atom. The molecule has 0 unspecified atom stereocenters. The molecular formula is C17H16N2O. The first-order chi connectivity index (χ1) is 9.74. The van der Waals surface area contributed by atoms with Gasteiger partial charge in [-0.1, -0.05) is 37.3 Å². The average Bonchev–Trinajstić information content (AvgIpc) is 2.50. The van der Waals surface area contributed by atoms with E-state index in [4.69, 9.17) is 5.26 Å². The van der Waals surface area contributed by atoms with Crippen LogP contribution in [0.4, 0.5) is 5.69 Å². The predicted molar refractivity (Wildman–Crippen MR) is 79.3 cm³/mol. The Morgan fingerprint density at radius 1 is 1.15 bits per heavy atom. The molecule has 0 saturated carbocycles. The van der Waals surface area contributed by atoms with Gasteiger partial charge in [0.1, 0.15) is 0 Å². The summed E-state index contributed by atoms with van der Waals surface area (Å²) in [6, 6.07) is 18.7. The molecule has 2 aromatic carbocycles. The Morgan fingerprint density at radius 2 is 1.80 bits per heavy atom. The topological polar surface area (TPSA) is 52.9 Å². The normalized spacial score (nSPS) is 11.4. The van der Waals surface area contributed by atoms with Crippen LogP contribution < -0.4 is 5.32 Å².